The number of anilines is 1. The summed E-state index contributed by atoms with van der Waals surface area (Å²) >= 11 is 1.42. The van der Waals surface area contributed by atoms with Gasteiger partial charge >= 0.3 is 0 Å². The fraction of sp³-hybridized carbons (Fsp3) is 0.435. The Hall–Kier alpha value is -2.91. The van der Waals surface area contributed by atoms with Crippen molar-refractivity contribution in [3.8, 4) is 11.5 Å². The standard InChI is InChI=1S/C23H28N4O4S/c1-14-19-21(27-9-11-31-12-10-27)25-15(2)26-23(19)32-20(14)22(28)24-8-7-16-5-6-17(29-3)18(13-16)30-4/h5-6,13H,7-12H2,1-4H3,(H,24,28). The monoisotopic (exact) mass is 456 g/mol. The van der Waals surface area contributed by atoms with Crippen LogP contribution in [0.25, 0.3) is 10.2 Å². The zero-order valence-electron chi connectivity index (χ0n) is 18.9. The fourth-order valence-electron chi connectivity index (χ4n) is 3.88. The summed E-state index contributed by atoms with van der Waals surface area (Å²) in [5, 5.41) is 4.01. The first-order valence-electron chi connectivity index (χ1n) is 10.6. The van der Waals surface area contributed by atoms with Crippen molar-refractivity contribution >= 4 is 33.3 Å². The lowest BCUT2D eigenvalue weighted by molar-refractivity contribution is 0.0957. The van der Waals surface area contributed by atoms with E-state index in [-0.39, 0.29) is 5.91 Å². The van der Waals surface area contributed by atoms with Crippen molar-refractivity contribution in [1.29, 1.82) is 0 Å². The van der Waals surface area contributed by atoms with Gasteiger partial charge in [0.05, 0.1) is 37.7 Å². The van der Waals surface area contributed by atoms with Crippen molar-refractivity contribution in [2.75, 3.05) is 52.0 Å². The highest BCUT2D eigenvalue weighted by Gasteiger charge is 2.23. The Morgan fingerprint density at radius 1 is 1.16 bits per heavy atom. The van der Waals surface area contributed by atoms with E-state index in [9.17, 15) is 4.79 Å². The minimum Gasteiger partial charge on any atom is -0.493 e. The lowest BCUT2D eigenvalue weighted by Gasteiger charge is -2.28. The summed E-state index contributed by atoms with van der Waals surface area (Å²) < 4.78 is 16.1. The number of morpholine rings is 1. The molecule has 1 fully saturated rings. The second-order valence-electron chi connectivity index (χ2n) is 7.63. The average Bonchev–Trinajstić information content (AvgIpc) is 3.15. The topological polar surface area (TPSA) is 85.8 Å². The molecule has 1 N–H and O–H groups in total. The van der Waals surface area contributed by atoms with Crippen LogP contribution in [0.5, 0.6) is 11.5 Å². The first-order valence-corrected chi connectivity index (χ1v) is 11.4. The molecule has 1 aliphatic heterocycles. The van der Waals surface area contributed by atoms with Crippen molar-refractivity contribution in [2.45, 2.75) is 20.3 Å². The van der Waals surface area contributed by atoms with Gasteiger partial charge in [-0.1, -0.05) is 6.07 Å². The number of nitrogens with one attached hydrogen (secondary N) is 1. The molecular formula is C23H28N4O4S. The van der Waals surface area contributed by atoms with Gasteiger partial charge in [-0.2, -0.15) is 0 Å². The van der Waals surface area contributed by atoms with Gasteiger partial charge in [0.2, 0.25) is 0 Å². The molecule has 2 aromatic heterocycles. The molecule has 1 saturated heterocycles. The summed E-state index contributed by atoms with van der Waals surface area (Å²) in [4.78, 5) is 26.1. The quantitative estimate of drug-likeness (QED) is 0.585. The van der Waals surface area contributed by atoms with Crippen molar-refractivity contribution in [3.05, 3.63) is 40.0 Å². The second-order valence-corrected chi connectivity index (χ2v) is 8.62. The highest BCUT2D eigenvalue weighted by molar-refractivity contribution is 7.20. The predicted octanol–water partition coefficient (Wildman–Crippen LogP) is 3.13. The fourth-order valence-corrected chi connectivity index (χ4v) is 5.02. The number of fused-ring (bicyclic) bond motifs is 1. The van der Waals surface area contributed by atoms with Crippen molar-refractivity contribution in [1.82, 2.24) is 15.3 Å². The Labute approximate surface area is 191 Å². The number of methoxy groups -OCH3 is 2. The second kappa shape index (κ2) is 9.70. The first kappa shape index (κ1) is 22.3. The summed E-state index contributed by atoms with van der Waals surface area (Å²) in [5.74, 6) is 2.89. The number of hydrogen-bond donors (Lipinski definition) is 1. The molecule has 0 spiro atoms. The molecular weight excluding hydrogens is 428 g/mol. The third-order valence-corrected chi connectivity index (χ3v) is 6.73. The molecule has 32 heavy (non-hydrogen) atoms. The van der Waals surface area contributed by atoms with Gasteiger partial charge in [-0.15, -0.1) is 11.3 Å². The maximum absolute atomic E-state index is 13.0. The van der Waals surface area contributed by atoms with Crippen LogP contribution in [0, 0.1) is 13.8 Å². The molecule has 0 aliphatic carbocycles. The number of thiophene rings is 1. The van der Waals surface area contributed by atoms with E-state index in [4.69, 9.17) is 19.2 Å². The van der Waals surface area contributed by atoms with Crippen LogP contribution in [0.15, 0.2) is 18.2 Å². The summed E-state index contributed by atoms with van der Waals surface area (Å²) in [6.07, 6.45) is 0.688. The zero-order valence-corrected chi connectivity index (χ0v) is 19.7. The molecule has 170 valence electrons. The van der Waals surface area contributed by atoms with Crippen LogP contribution in [-0.2, 0) is 11.2 Å². The lowest BCUT2D eigenvalue weighted by Crippen LogP contribution is -2.37. The maximum Gasteiger partial charge on any atom is 0.261 e. The third-order valence-electron chi connectivity index (χ3n) is 5.55. The van der Waals surface area contributed by atoms with Gasteiger partial charge in [0.15, 0.2) is 11.5 Å². The van der Waals surface area contributed by atoms with Crippen LogP contribution >= 0.6 is 11.3 Å². The van der Waals surface area contributed by atoms with Crippen molar-refractivity contribution < 1.29 is 19.0 Å². The number of nitrogens with zero attached hydrogens (tertiary/aromatic N) is 3. The van der Waals surface area contributed by atoms with Crippen LogP contribution in [0.3, 0.4) is 0 Å². The minimum absolute atomic E-state index is 0.0865. The van der Waals surface area contributed by atoms with E-state index in [2.05, 4.69) is 15.2 Å². The number of ether oxygens (including phenoxy) is 3. The van der Waals surface area contributed by atoms with E-state index < -0.39 is 0 Å². The van der Waals surface area contributed by atoms with Crippen LogP contribution in [-0.4, -0.2) is 62.9 Å². The van der Waals surface area contributed by atoms with Gasteiger partial charge in [-0.3, -0.25) is 4.79 Å². The molecule has 3 heterocycles. The van der Waals surface area contributed by atoms with E-state index >= 15 is 0 Å². The number of aromatic nitrogens is 2. The minimum atomic E-state index is -0.0865. The largest absolute Gasteiger partial charge is 0.493 e. The summed E-state index contributed by atoms with van der Waals surface area (Å²) in [6.45, 7) is 7.31. The van der Waals surface area contributed by atoms with E-state index in [1.165, 1.54) is 11.3 Å². The van der Waals surface area contributed by atoms with E-state index in [1.54, 1.807) is 14.2 Å². The van der Waals surface area contributed by atoms with Gasteiger partial charge in [0.25, 0.3) is 5.91 Å². The smallest absolute Gasteiger partial charge is 0.261 e. The van der Waals surface area contributed by atoms with E-state index in [0.29, 0.717) is 48.4 Å². The normalized spacial score (nSPS) is 13.9. The van der Waals surface area contributed by atoms with Gasteiger partial charge < -0.3 is 24.4 Å². The van der Waals surface area contributed by atoms with Gasteiger partial charge in [-0.05, 0) is 43.5 Å². The number of aryl methyl sites for hydroxylation is 2. The summed E-state index contributed by atoms with van der Waals surface area (Å²) in [7, 11) is 3.23. The summed E-state index contributed by atoms with van der Waals surface area (Å²) in [5.41, 5.74) is 1.99. The number of carbonyl (C=O) groups is 1. The Morgan fingerprint density at radius 3 is 2.62 bits per heavy atom. The Kier molecular flexibility index (Phi) is 6.76. The molecule has 8 nitrogen and oxygen atoms in total. The van der Waals surface area contributed by atoms with E-state index in [0.717, 1.165) is 40.3 Å². The zero-order chi connectivity index (χ0) is 22.7. The first-order chi connectivity index (χ1) is 15.5. The number of hydrogen-bond acceptors (Lipinski definition) is 8. The molecule has 0 bridgehead atoms. The number of amides is 1. The molecule has 3 aromatic rings. The Morgan fingerprint density at radius 2 is 1.91 bits per heavy atom. The van der Waals surface area contributed by atoms with Crippen LogP contribution in [0.2, 0.25) is 0 Å². The molecule has 9 heteroatoms. The molecule has 1 amide bonds. The molecule has 0 saturated carbocycles. The van der Waals surface area contributed by atoms with Gasteiger partial charge in [0, 0.05) is 19.6 Å². The van der Waals surface area contributed by atoms with Gasteiger partial charge in [-0.25, -0.2) is 9.97 Å². The highest BCUT2D eigenvalue weighted by Crippen LogP contribution is 2.35. The Balaban J connectivity index is 1.51. The van der Waals surface area contributed by atoms with Crippen molar-refractivity contribution in [3.63, 3.8) is 0 Å². The Bertz CT molecular complexity index is 1120. The van der Waals surface area contributed by atoms with E-state index in [1.807, 2.05) is 32.0 Å². The third kappa shape index (κ3) is 4.49. The lowest BCUT2D eigenvalue weighted by atomic mass is 10.1. The van der Waals surface area contributed by atoms with Gasteiger partial charge in [0.1, 0.15) is 16.5 Å². The molecule has 1 aromatic carbocycles. The number of rotatable bonds is 7. The van der Waals surface area contributed by atoms with Crippen LogP contribution in [0.1, 0.15) is 26.6 Å². The molecule has 0 atom stereocenters. The average molecular weight is 457 g/mol. The highest BCUT2D eigenvalue weighted by atomic mass is 32.1. The SMILES string of the molecule is COc1ccc(CCNC(=O)c2sc3nc(C)nc(N4CCOCC4)c3c2C)cc1OC. The molecule has 4 rings (SSSR count). The number of benzene rings is 1. The van der Waals surface area contributed by atoms with Crippen LogP contribution in [0.4, 0.5) is 5.82 Å². The van der Waals surface area contributed by atoms with Crippen LogP contribution < -0.4 is 19.7 Å². The predicted molar refractivity (Wildman–Crippen MR) is 126 cm³/mol. The number of carbonyl (C=O) groups excluding carboxylic acids is 1. The molecule has 1 aliphatic rings. The molecule has 0 unspecified atom stereocenters. The maximum atomic E-state index is 13.0. The van der Waals surface area contributed by atoms with Crippen molar-refractivity contribution in [2.24, 2.45) is 0 Å². The molecule has 0 radical (unpaired) electrons. The summed E-state index contributed by atoms with van der Waals surface area (Å²) in [6, 6.07) is 5.79.